The van der Waals surface area contributed by atoms with E-state index in [1.165, 1.54) is 0 Å². The van der Waals surface area contributed by atoms with Gasteiger partial charge < -0.3 is 20.3 Å². The number of rotatable bonds is 2. The second kappa shape index (κ2) is 5.48. The summed E-state index contributed by atoms with van der Waals surface area (Å²) in [5.41, 5.74) is 1.91. The lowest BCUT2D eigenvalue weighted by Crippen LogP contribution is -2.48. The highest BCUT2D eigenvalue weighted by molar-refractivity contribution is 9.10. The summed E-state index contributed by atoms with van der Waals surface area (Å²) in [6.07, 6.45) is 0.135. The maximum absolute atomic E-state index is 11.8. The van der Waals surface area contributed by atoms with E-state index in [2.05, 4.69) is 31.5 Å². The van der Waals surface area contributed by atoms with Crippen molar-refractivity contribution < 1.29 is 9.53 Å². The fraction of sp³-hybridized carbons (Fsp3) is 0.462. The molecular weight excluding hydrogens is 310 g/mol. The molecule has 1 saturated heterocycles. The summed E-state index contributed by atoms with van der Waals surface area (Å²) in [4.78, 5) is 13.8. The van der Waals surface area contributed by atoms with E-state index in [0.29, 0.717) is 6.54 Å². The second-order valence-electron chi connectivity index (χ2n) is 4.79. The first-order valence-corrected chi connectivity index (χ1v) is 7.18. The van der Waals surface area contributed by atoms with E-state index in [-0.39, 0.29) is 12.0 Å². The van der Waals surface area contributed by atoms with Gasteiger partial charge in [0.05, 0.1) is 30.6 Å². The first-order valence-electron chi connectivity index (χ1n) is 6.39. The Morgan fingerprint density at radius 3 is 3.16 bits per heavy atom. The van der Waals surface area contributed by atoms with Crippen molar-refractivity contribution in [3.8, 4) is 0 Å². The highest BCUT2D eigenvalue weighted by Crippen LogP contribution is 2.32. The molecule has 1 unspecified atom stereocenters. The first kappa shape index (κ1) is 12.9. The molecule has 2 aliphatic heterocycles. The molecule has 0 aromatic heterocycles. The van der Waals surface area contributed by atoms with Crippen molar-refractivity contribution in [3.63, 3.8) is 0 Å². The lowest BCUT2D eigenvalue weighted by Gasteiger charge is -2.35. The predicted molar refractivity (Wildman–Crippen MR) is 77.6 cm³/mol. The number of ether oxygens (including phenoxy) is 1. The molecular formula is C13H16BrN3O2. The van der Waals surface area contributed by atoms with Gasteiger partial charge in [0, 0.05) is 24.1 Å². The van der Waals surface area contributed by atoms with Gasteiger partial charge in [0.1, 0.15) is 0 Å². The number of carbonyl (C=O) groups is 1. The van der Waals surface area contributed by atoms with Crippen LogP contribution in [0.4, 0.5) is 11.4 Å². The highest BCUT2D eigenvalue weighted by Gasteiger charge is 2.25. The number of fused-ring (bicyclic) bond motifs is 1. The topological polar surface area (TPSA) is 53.6 Å². The minimum absolute atomic E-state index is 0.0226. The average molecular weight is 326 g/mol. The Balaban J connectivity index is 1.80. The molecule has 0 spiro atoms. The molecule has 1 amide bonds. The molecule has 1 aromatic carbocycles. The standard InChI is InChI=1S/C13H16BrN3O2/c14-9-1-2-12-11(5-9)16-13(18)8-17(12)7-10-6-15-3-4-19-10/h1-2,5,10,15H,3-4,6-8H2,(H,16,18). The van der Waals surface area contributed by atoms with Crippen molar-refractivity contribution in [1.82, 2.24) is 5.32 Å². The molecule has 3 rings (SSSR count). The van der Waals surface area contributed by atoms with Crippen LogP contribution in [-0.2, 0) is 9.53 Å². The second-order valence-corrected chi connectivity index (χ2v) is 5.70. The van der Waals surface area contributed by atoms with Crippen LogP contribution in [0.3, 0.4) is 0 Å². The van der Waals surface area contributed by atoms with E-state index in [4.69, 9.17) is 4.74 Å². The van der Waals surface area contributed by atoms with Crippen LogP contribution in [0.2, 0.25) is 0 Å². The quantitative estimate of drug-likeness (QED) is 0.857. The lowest BCUT2D eigenvalue weighted by molar-refractivity contribution is -0.115. The van der Waals surface area contributed by atoms with Crippen LogP contribution in [0, 0.1) is 0 Å². The number of morpholine rings is 1. The van der Waals surface area contributed by atoms with E-state index < -0.39 is 0 Å². The van der Waals surface area contributed by atoms with Crippen LogP contribution in [0.15, 0.2) is 22.7 Å². The zero-order valence-corrected chi connectivity index (χ0v) is 12.1. The van der Waals surface area contributed by atoms with Crippen LogP contribution in [-0.4, -0.2) is 44.8 Å². The molecule has 1 atom stereocenters. The number of anilines is 2. The molecule has 5 nitrogen and oxygen atoms in total. The third-order valence-electron chi connectivity index (χ3n) is 3.34. The van der Waals surface area contributed by atoms with Gasteiger partial charge in [-0.05, 0) is 18.2 Å². The van der Waals surface area contributed by atoms with E-state index in [0.717, 1.165) is 42.1 Å². The van der Waals surface area contributed by atoms with Gasteiger partial charge in [0.25, 0.3) is 0 Å². The molecule has 2 N–H and O–H groups in total. The summed E-state index contributed by atoms with van der Waals surface area (Å²) in [6.45, 7) is 3.59. The Morgan fingerprint density at radius 2 is 2.37 bits per heavy atom. The van der Waals surface area contributed by atoms with Crippen molar-refractivity contribution in [2.75, 3.05) is 43.0 Å². The smallest absolute Gasteiger partial charge is 0.243 e. The van der Waals surface area contributed by atoms with Gasteiger partial charge in [-0.3, -0.25) is 4.79 Å². The van der Waals surface area contributed by atoms with E-state index in [1.807, 2.05) is 18.2 Å². The molecule has 6 heteroatoms. The molecule has 2 heterocycles. The molecule has 1 fully saturated rings. The van der Waals surface area contributed by atoms with Gasteiger partial charge in [0.2, 0.25) is 5.91 Å². The van der Waals surface area contributed by atoms with Gasteiger partial charge >= 0.3 is 0 Å². The van der Waals surface area contributed by atoms with Crippen molar-refractivity contribution >= 4 is 33.2 Å². The number of amides is 1. The molecule has 102 valence electrons. The van der Waals surface area contributed by atoms with E-state index in [1.54, 1.807) is 0 Å². The zero-order valence-electron chi connectivity index (χ0n) is 10.5. The van der Waals surface area contributed by atoms with Gasteiger partial charge in [-0.1, -0.05) is 15.9 Å². The maximum Gasteiger partial charge on any atom is 0.243 e. The number of carbonyl (C=O) groups excluding carboxylic acids is 1. The van der Waals surface area contributed by atoms with Gasteiger partial charge in [-0.2, -0.15) is 0 Å². The molecule has 1 aromatic rings. The Morgan fingerprint density at radius 1 is 1.47 bits per heavy atom. The number of hydrogen-bond acceptors (Lipinski definition) is 4. The van der Waals surface area contributed by atoms with Crippen LogP contribution in [0.1, 0.15) is 0 Å². The zero-order chi connectivity index (χ0) is 13.2. The number of hydrogen-bond donors (Lipinski definition) is 2. The number of nitrogens with zero attached hydrogens (tertiary/aromatic N) is 1. The normalized spacial score (nSPS) is 22.9. The molecule has 0 bridgehead atoms. The third kappa shape index (κ3) is 2.91. The van der Waals surface area contributed by atoms with Gasteiger partial charge in [-0.25, -0.2) is 0 Å². The maximum atomic E-state index is 11.8. The van der Waals surface area contributed by atoms with Crippen molar-refractivity contribution in [1.29, 1.82) is 0 Å². The number of halogens is 1. The fourth-order valence-electron chi connectivity index (χ4n) is 2.48. The first-order chi connectivity index (χ1) is 9.22. The molecule has 2 aliphatic rings. The third-order valence-corrected chi connectivity index (χ3v) is 3.83. The highest BCUT2D eigenvalue weighted by atomic mass is 79.9. The Labute approximate surface area is 120 Å². The van der Waals surface area contributed by atoms with Crippen molar-refractivity contribution in [2.45, 2.75) is 6.10 Å². The van der Waals surface area contributed by atoms with E-state index in [9.17, 15) is 4.79 Å². The Bertz CT molecular complexity index is 489. The van der Waals surface area contributed by atoms with Gasteiger partial charge in [0.15, 0.2) is 0 Å². The summed E-state index contributed by atoms with van der Waals surface area (Å²) < 4.78 is 6.67. The summed E-state index contributed by atoms with van der Waals surface area (Å²) >= 11 is 3.42. The van der Waals surface area contributed by atoms with Crippen LogP contribution in [0.5, 0.6) is 0 Å². The Kier molecular flexibility index (Phi) is 3.72. The minimum Gasteiger partial charge on any atom is -0.374 e. The van der Waals surface area contributed by atoms with Crippen LogP contribution < -0.4 is 15.5 Å². The average Bonchev–Trinajstić information content (AvgIpc) is 2.39. The summed E-state index contributed by atoms with van der Waals surface area (Å²) in [5.74, 6) is 0.0226. The lowest BCUT2D eigenvalue weighted by atomic mass is 10.1. The predicted octanol–water partition coefficient (Wildman–Crippen LogP) is 1.20. The molecule has 19 heavy (non-hydrogen) atoms. The SMILES string of the molecule is O=C1CN(CC2CNCCO2)c2ccc(Br)cc2N1. The van der Waals surface area contributed by atoms with Crippen LogP contribution in [0.25, 0.3) is 0 Å². The summed E-state index contributed by atoms with van der Waals surface area (Å²) in [7, 11) is 0. The van der Waals surface area contributed by atoms with Crippen molar-refractivity contribution in [2.24, 2.45) is 0 Å². The summed E-state index contributed by atoms with van der Waals surface area (Å²) in [5, 5.41) is 6.21. The largest absolute Gasteiger partial charge is 0.374 e. The molecule has 0 radical (unpaired) electrons. The number of nitrogens with one attached hydrogen (secondary N) is 2. The van der Waals surface area contributed by atoms with E-state index >= 15 is 0 Å². The molecule has 0 saturated carbocycles. The monoisotopic (exact) mass is 325 g/mol. The summed E-state index contributed by atoms with van der Waals surface area (Å²) in [6, 6.07) is 5.94. The Hall–Kier alpha value is -1.11. The van der Waals surface area contributed by atoms with Crippen LogP contribution >= 0.6 is 15.9 Å². The van der Waals surface area contributed by atoms with Crippen molar-refractivity contribution in [3.05, 3.63) is 22.7 Å². The fourth-order valence-corrected chi connectivity index (χ4v) is 2.84. The van der Waals surface area contributed by atoms with Gasteiger partial charge in [-0.15, -0.1) is 0 Å². The number of benzene rings is 1. The molecule has 0 aliphatic carbocycles. The minimum atomic E-state index is 0.0226.